The lowest BCUT2D eigenvalue weighted by Gasteiger charge is -2.15. The third-order valence-electron chi connectivity index (χ3n) is 15.4. The summed E-state index contributed by atoms with van der Waals surface area (Å²) in [5, 5.41) is 9.69. The molecule has 1 unspecified atom stereocenters. The van der Waals surface area contributed by atoms with E-state index in [1.54, 1.807) is 0 Å². The number of aliphatic hydroxyl groups is 1. The zero-order valence-electron chi connectivity index (χ0n) is 50.6. The van der Waals surface area contributed by atoms with Crippen LogP contribution in [0.3, 0.4) is 0 Å². The van der Waals surface area contributed by atoms with Crippen LogP contribution in [0.1, 0.15) is 367 Å². The molecular formula is C70H130O5. The van der Waals surface area contributed by atoms with Gasteiger partial charge < -0.3 is 14.6 Å². The predicted molar refractivity (Wildman–Crippen MR) is 330 cm³/mol. The van der Waals surface area contributed by atoms with Gasteiger partial charge in [-0.3, -0.25) is 9.59 Å². The number of allylic oxidation sites excluding steroid dienone is 8. The number of rotatable bonds is 63. The first kappa shape index (κ1) is 72.9. The molecule has 0 heterocycles. The molecule has 0 aliphatic heterocycles. The summed E-state index contributed by atoms with van der Waals surface area (Å²) in [4.78, 5) is 24.6. The van der Waals surface area contributed by atoms with E-state index in [0.29, 0.717) is 12.8 Å². The fraction of sp³-hybridized carbons (Fsp3) is 0.857. The molecular weight excluding hydrogens is 921 g/mol. The summed E-state index contributed by atoms with van der Waals surface area (Å²) >= 11 is 0. The van der Waals surface area contributed by atoms with Crippen LogP contribution in [0.15, 0.2) is 48.6 Å². The van der Waals surface area contributed by atoms with E-state index in [-0.39, 0.29) is 25.2 Å². The van der Waals surface area contributed by atoms with Crippen LogP contribution in [0.4, 0.5) is 0 Å². The molecule has 0 bridgehead atoms. The van der Waals surface area contributed by atoms with Crippen LogP contribution >= 0.6 is 0 Å². The average Bonchev–Trinajstić information content (AvgIpc) is 3.41. The maximum Gasteiger partial charge on any atom is 0.306 e. The predicted octanol–water partition coefficient (Wildman–Crippen LogP) is 23.2. The molecule has 0 aromatic rings. The van der Waals surface area contributed by atoms with E-state index < -0.39 is 6.10 Å². The van der Waals surface area contributed by atoms with Gasteiger partial charge in [0, 0.05) is 12.8 Å². The normalized spacial score (nSPS) is 12.4. The summed E-state index contributed by atoms with van der Waals surface area (Å²) in [5.74, 6) is -0.566. The van der Waals surface area contributed by atoms with Crippen molar-refractivity contribution < 1.29 is 24.2 Å². The second-order valence-electron chi connectivity index (χ2n) is 22.9. The maximum atomic E-state index is 12.4. The molecule has 0 saturated heterocycles. The van der Waals surface area contributed by atoms with Gasteiger partial charge in [0.25, 0.3) is 0 Å². The number of hydrogen-bond acceptors (Lipinski definition) is 5. The summed E-state index contributed by atoms with van der Waals surface area (Å²) < 4.78 is 10.8. The third kappa shape index (κ3) is 64.3. The van der Waals surface area contributed by atoms with Crippen LogP contribution in [-0.4, -0.2) is 36.4 Å². The van der Waals surface area contributed by atoms with Crippen molar-refractivity contribution in [3.05, 3.63) is 48.6 Å². The number of hydrogen-bond donors (Lipinski definition) is 1. The lowest BCUT2D eigenvalue weighted by atomic mass is 10.0. The Morgan fingerprint density at radius 2 is 0.573 bits per heavy atom. The van der Waals surface area contributed by atoms with Gasteiger partial charge in [0.1, 0.15) is 6.61 Å². The van der Waals surface area contributed by atoms with Crippen LogP contribution in [-0.2, 0) is 19.1 Å². The maximum absolute atomic E-state index is 12.4. The molecule has 0 amide bonds. The highest BCUT2D eigenvalue weighted by atomic mass is 16.6. The van der Waals surface area contributed by atoms with Gasteiger partial charge in [-0.05, 0) is 51.4 Å². The molecule has 5 nitrogen and oxygen atoms in total. The number of carbonyl (C=O) groups is 2. The van der Waals surface area contributed by atoms with Crippen LogP contribution in [0.25, 0.3) is 0 Å². The molecule has 1 N–H and O–H groups in total. The Hall–Kier alpha value is -2.14. The lowest BCUT2D eigenvalue weighted by molar-refractivity contribution is -0.161. The Labute approximate surface area is 469 Å². The number of unbranched alkanes of at least 4 members (excludes halogenated alkanes) is 47. The van der Waals surface area contributed by atoms with Crippen molar-refractivity contribution in [3.8, 4) is 0 Å². The fourth-order valence-electron chi connectivity index (χ4n) is 10.4. The van der Waals surface area contributed by atoms with Crippen molar-refractivity contribution in [2.45, 2.75) is 373 Å². The summed E-state index contributed by atoms with van der Waals surface area (Å²) in [7, 11) is 0. The monoisotopic (exact) mass is 1050 g/mol. The first-order valence-corrected chi connectivity index (χ1v) is 33.7. The van der Waals surface area contributed by atoms with Gasteiger partial charge >= 0.3 is 11.9 Å². The van der Waals surface area contributed by atoms with Crippen molar-refractivity contribution in [2.24, 2.45) is 0 Å². The Morgan fingerprint density at radius 3 is 0.867 bits per heavy atom. The van der Waals surface area contributed by atoms with Crippen LogP contribution in [0.2, 0.25) is 0 Å². The van der Waals surface area contributed by atoms with Gasteiger partial charge in [0.15, 0.2) is 6.10 Å². The Balaban J connectivity index is 3.39. The summed E-state index contributed by atoms with van der Waals surface area (Å²) in [6.07, 6.45) is 88.6. The quantitative estimate of drug-likeness (QED) is 0.0373. The van der Waals surface area contributed by atoms with Crippen LogP contribution < -0.4 is 0 Å². The van der Waals surface area contributed by atoms with Crippen molar-refractivity contribution in [2.75, 3.05) is 13.2 Å². The second-order valence-corrected chi connectivity index (χ2v) is 22.9. The molecule has 0 saturated carbocycles. The largest absolute Gasteiger partial charge is 0.462 e. The van der Waals surface area contributed by atoms with Crippen molar-refractivity contribution in [1.29, 1.82) is 0 Å². The number of aliphatic hydroxyl groups excluding tert-OH is 1. The standard InChI is InChI=1S/C70H130O5/c1-3-5-7-9-11-13-15-17-19-21-23-25-27-29-31-32-33-34-35-36-37-38-39-41-43-45-47-49-51-53-55-57-59-61-63-65-70(73)75-68(66-71)67-74-69(72)64-62-60-58-56-54-52-50-48-46-44-42-40-30-28-26-24-22-20-18-16-14-12-10-8-6-4-2/h5,7,11,13,17,19,23,25,68,71H,3-4,6,8-10,12,14-16,18,20-22,24,26-67H2,1-2H3/b7-5-,13-11-,19-17-,25-23-. The molecule has 0 aromatic carbocycles. The van der Waals surface area contributed by atoms with E-state index in [4.69, 9.17) is 9.47 Å². The SMILES string of the molecule is CC/C=C\C/C=C\C/C=C\C/C=C\CCCCCCCCCCCCCCCCCCCCCCCCC(=O)OC(CO)COC(=O)CCCCCCCCCCCCCCCCCCCCCCCCCCCC. The average molecular weight is 1050 g/mol. The van der Waals surface area contributed by atoms with E-state index >= 15 is 0 Å². The van der Waals surface area contributed by atoms with E-state index in [1.807, 2.05) is 0 Å². The van der Waals surface area contributed by atoms with E-state index in [2.05, 4.69) is 62.5 Å². The smallest absolute Gasteiger partial charge is 0.306 e. The number of ether oxygens (including phenoxy) is 2. The first-order valence-electron chi connectivity index (χ1n) is 33.7. The molecule has 1 atom stereocenters. The highest BCUT2D eigenvalue weighted by molar-refractivity contribution is 5.70. The molecule has 0 aromatic heterocycles. The van der Waals surface area contributed by atoms with Crippen molar-refractivity contribution >= 4 is 11.9 Å². The lowest BCUT2D eigenvalue weighted by Crippen LogP contribution is -2.28. The van der Waals surface area contributed by atoms with Gasteiger partial charge in [0.2, 0.25) is 0 Å². The summed E-state index contributed by atoms with van der Waals surface area (Å²) in [5.41, 5.74) is 0. The summed E-state index contributed by atoms with van der Waals surface area (Å²) in [6, 6.07) is 0. The second kappa shape index (κ2) is 66.1. The molecule has 75 heavy (non-hydrogen) atoms. The molecule has 0 spiro atoms. The van der Waals surface area contributed by atoms with Gasteiger partial charge in [-0.2, -0.15) is 0 Å². The van der Waals surface area contributed by atoms with Gasteiger partial charge in [0.05, 0.1) is 6.61 Å². The number of esters is 2. The molecule has 5 heteroatoms. The van der Waals surface area contributed by atoms with Crippen molar-refractivity contribution in [3.63, 3.8) is 0 Å². The van der Waals surface area contributed by atoms with Gasteiger partial charge in [-0.15, -0.1) is 0 Å². The Morgan fingerprint density at radius 1 is 0.320 bits per heavy atom. The van der Waals surface area contributed by atoms with Crippen molar-refractivity contribution in [1.82, 2.24) is 0 Å². The molecule has 0 fully saturated rings. The fourth-order valence-corrected chi connectivity index (χ4v) is 10.4. The van der Waals surface area contributed by atoms with Crippen LogP contribution in [0.5, 0.6) is 0 Å². The van der Waals surface area contributed by atoms with E-state index in [0.717, 1.165) is 57.8 Å². The Kier molecular flexibility index (Phi) is 64.3. The van der Waals surface area contributed by atoms with Crippen LogP contribution in [0, 0.1) is 0 Å². The first-order chi connectivity index (χ1) is 37.1. The number of carbonyl (C=O) groups excluding carboxylic acids is 2. The third-order valence-corrected chi connectivity index (χ3v) is 15.4. The van der Waals surface area contributed by atoms with E-state index in [1.165, 1.54) is 283 Å². The highest BCUT2D eigenvalue weighted by Crippen LogP contribution is 2.19. The zero-order chi connectivity index (χ0) is 54.1. The zero-order valence-corrected chi connectivity index (χ0v) is 50.6. The summed E-state index contributed by atoms with van der Waals surface area (Å²) in [6.45, 7) is 4.09. The minimum atomic E-state index is -0.769. The highest BCUT2D eigenvalue weighted by Gasteiger charge is 2.16. The molecule has 440 valence electrons. The molecule has 0 rings (SSSR count). The minimum Gasteiger partial charge on any atom is -0.462 e. The van der Waals surface area contributed by atoms with Gasteiger partial charge in [-0.1, -0.05) is 351 Å². The van der Waals surface area contributed by atoms with E-state index in [9.17, 15) is 14.7 Å². The molecule has 0 aliphatic rings. The molecule has 0 aliphatic carbocycles. The minimum absolute atomic E-state index is 0.0589. The van der Waals surface area contributed by atoms with Gasteiger partial charge in [-0.25, -0.2) is 0 Å². The topological polar surface area (TPSA) is 72.8 Å². The Bertz CT molecular complexity index is 1230. The molecule has 0 radical (unpaired) electrons.